The fourth-order valence-electron chi connectivity index (χ4n) is 3.57. The van der Waals surface area contributed by atoms with Crippen LogP contribution in [0.2, 0.25) is 0 Å². The van der Waals surface area contributed by atoms with Gasteiger partial charge in [-0.2, -0.15) is 5.10 Å². The van der Waals surface area contributed by atoms with E-state index in [2.05, 4.69) is 24.3 Å². The number of anilines is 1. The van der Waals surface area contributed by atoms with E-state index in [0.29, 0.717) is 18.2 Å². The number of aromatic nitrogens is 2. The van der Waals surface area contributed by atoms with Gasteiger partial charge in [-0.15, -0.1) is 0 Å². The van der Waals surface area contributed by atoms with Gasteiger partial charge in [0.15, 0.2) is 15.5 Å². The molecule has 0 radical (unpaired) electrons. The number of carbonyl (C=O) groups is 1. The molecule has 0 aliphatic heterocycles. The Kier molecular flexibility index (Phi) is 5.84. The van der Waals surface area contributed by atoms with Crippen LogP contribution < -0.4 is 5.32 Å². The lowest BCUT2D eigenvalue weighted by molar-refractivity contribution is 0.102. The molecule has 1 aromatic heterocycles. The molecule has 6 nitrogen and oxygen atoms in total. The van der Waals surface area contributed by atoms with E-state index < -0.39 is 9.84 Å². The van der Waals surface area contributed by atoms with E-state index in [9.17, 15) is 13.2 Å². The van der Waals surface area contributed by atoms with E-state index in [0.717, 1.165) is 22.2 Å². The highest BCUT2D eigenvalue weighted by atomic mass is 32.2. The molecular formula is C25H25N3O3S. The molecule has 1 heterocycles. The van der Waals surface area contributed by atoms with Crippen LogP contribution in [0.3, 0.4) is 0 Å². The van der Waals surface area contributed by atoms with Crippen molar-refractivity contribution in [3.63, 3.8) is 0 Å². The van der Waals surface area contributed by atoms with Crippen molar-refractivity contribution < 1.29 is 13.2 Å². The average molecular weight is 448 g/mol. The Balaban J connectivity index is 1.61. The van der Waals surface area contributed by atoms with Crippen molar-refractivity contribution in [3.05, 3.63) is 89.6 Å². The van der Waals surface area contributed by atoms with Gasteiger partial charge in [0, 0.05) is 17.3 Å². The van der Waals surface area contributed by atoms with Gasteiger partial charge in [0.1, 0.15) is 0 Å². The molecule has 1 amide bonds. The summed E-state index contributed by atoms with van der Waals surface area (Å²) in [6.45, 7) is 4.67. The number of para-hydroxylation sites is 1. The van der Waals surface area contributed by atoms with Crippen LogP contribution in [0.5, 0.6) is 0 Å². The zero-order valence-corrected chi connectivity index (χ0v) is 19.1. The van der Waals surface area contributed by atoms with Gasteiger partial charge in [-0.3, -0.25) is 9.48 Å². The van der Waals surface area contributed by atoms with E-state index in [1.54, 1.807) is 28.9 Å². The fourth-order valence-corrected chi connectivity index (χ4v) is 4.20. The largest absolute Gasteiger partial charge is 0.321 e. The second-order valence-corrected chi connectivity index (χ2v) is 10.2. The van der Waals surface area contributed by atoms with Gasteiger partial charge in [-0.05, 0) is 47.4 Å². The molecule has 0 aliphatic carbocycles. The second-order valence-electron chi connectivity index (χ2n) is 8.17. The third-order valence-corrected chi connectivity index (χ3v) is 6.52. The molecule has 0 fully saturated rings. The number of fused-ring (bicyclic) bond motifs is 1. The average Bonchev–Trinajstić information content (AvgIpc) is 3.12. The summed E-state index contributed by atoms with van der Waals surface area (Å²) >= 11 is 0. The first-order valence-corrected chi connectivity index (χ1v) is 12.3. The van der Waals surface area contributed by atoms with Crippen molar-refractivity contribution in [2.45, 2.75) is 31.2 Å². The first kappa shape index (κ1) is 21.8. The lowest BCUT2D eigenvalue weighted by atomic mass is 10.0. The predicted octanol–water partition coefficient (Wildman–Crippen LogP) is 4.86. The highest BCUT2D eigenvalue weighted by molar-refractivity contribution is 7.90. The normalized spacial score (nSPS) is 11.8. The van der Waals surface area contributed by atoms with E-state index in [1.165, 1.54) is 11.8 Å². The quantitative estimate of drug-likeness (QED) is 0.457. The summed E-state index contributed by atoms with van der Waals surface area (Å²) in [7, 11) is -3.25. The van der Waals surface area contributed by atoms with Crippen LogP contribution in [0.25, 0.3) is 10.9 Å². The molecule has 0 unspecified atom stereocenters. The van der Waals surface area contributed by atoms with Gasteiger partial charge in [0.25, 0.3) is 5.91 Å². The molecule has 0 bridgehead atoms. The molecule has 1 N–H and O–H groups in total. The van der Waals surface area contributed by atoms with Gasteiger partial charge in [0.2, 0.25) is 0 Å². The number of nitrogens with zero attached hydrogens (tertiary/aromatic N) is 2. The number of sulfone groups is 1. The van der Waals surface area contributed by atoms with Crippen molar-refractivity contribution in [1.82, 2.24) is 9.78 Å². The molecule has 0 saturated heterocycles. The highest BCUT2D eigenvalue weighted by Crippen LogP contribution is 2.22. The Labute approximate surface area is 187 Å². The molecule has 7 heteroatoms. The monoisotopic (exact) mass is 447 g/mol. The van der Waals surface area contributed by atoms with Crippen molar-refractivity contribution in [1.29, 1.82) is 0 Å². The summed E-state index contributed by atoms with van der Waals surface area (Å²) in [5, 5.41) is 8.28. The number of benzene rings is 3. The van der Waals surface area contributed by atoms with E-state index in [4.69, 9.17) is 0 Å². The zero-order chi connectivity index (χ0) is 22.9. The van der Waals surface area contributed by atoms with Crippen LogP contribution in [0.1, 0.15) is 41.4 Å². The van der Waals surface area contributed by atoms with Crippen LogP contribution >= 0.6 is 0 Å². The fraction of sp³-hybridized carbons (Fsp3) is 0.200. The molecular weight excluding hydrogens is 422 g/mol. The molecule has 4 rings (SSSR count). The zero-order valence-electron chi connectivity index (χ0n) is 18.2. The van der Waals surface area contributed by atoms with Crippen LogP contribution in [0.15, 0.2) is 77.7 Å². The smallest absolute Gasteiger partial charge is 0.276 e. The molecule has 0 atom stereocenters. The molecule has 4 aromatic rings. The summed E-state index contributed by atoms with van der Waals surface area (Å²) in [4.78, 5) is 13.3. The summed E-state index contributed by atoms with van der Waals surface area (Å²) in [6, 6.07) is 22.1. The number of hydrogen-bond acceptors (Lipinski definition) is 4. The number of carbonyl (C=O) groups excluding carboxylic acids is 1. The lowest BCUT2D eigenvalue weighted by Crippen LogP contribution is -2.14. The first-order valence-electron chi connectivity index (χ1n) is 10.4. The van der Waals surface area contributed by atoms with Crippen molar-refractivity contribution in [2.24, 2.45) is 0 Å². The first-order chi connectivity index (χ1) is 15.2. The van der Waals surface area contributed by atoms with Gasteiger partial charge in [0.05, 0.1) is 17.0 Å². The summed E-state index contributed by atoms with van der Waals surface area (Å²) in [6.07, 6.45) is 1.18. The molecule has 0 saturated carbocycles. The molecule has 0 spiro atoms. The van der Waals surface area contributed by atoms with Gasteiger partial charge in [-0.25, -0.2) is 8.42 Å². The standard InChI is InChI=1S/C25H25N3O3S/c1-17(2)19-10-12-20(13-11-19)26-25(29)24-22-6-4-5-7-23(22)28(27-24)16-18-8-14-21(15-9-18)32(3,30)31/h4-15,17H,16H2,1-3H3,(H,26,29). The Morgan fingerprint density at radius 2 is 1.62 bits per heavy atom. The topological polar surface area (TPSA) is 81.1 Å². The van der Waals surface area contributed by atoms with Crippen LogP contribution in [0, 0.1) is 0 Å². The Hall–Kier alpha value is -3.45. The summed E-state index contributed by atoms with van der Waals surface area (Å²) in [5.74, 6) is 0.149. The maximum Gasteiger partial charge on any atom is 0.276 e. The number of amides is 1. The van der Waals surface area contributed by atoms with E-state index in [1.807, 2.05) is 48.5 Å². The third kappa shape index (κ3) is 4.57. The summed E-state index contributed by atoms with van der Waals surface area (Å²) < 4.78 is 25.2. The minimum absolute atomic E-state index is 0.273. The maximum atomic E-state index is 13.0. The van der Waals surface area contributed by atoms with Crippen molar-refractivity contribution in [3.8, 4) is 0 Å². The minimum Gasteiger partial charge on any atom is -0.321 e. The number of rotatable bonds is 6. The van der Waals surface area contributed by atoms with Gasteiger partial charge < -0.3 is 5.32 Å². The predicted molar refractivity (Wildman–Crippen MR) is 127 cm³/mol. The number of hydrogen-bond donors (Lipinski definition) is 1. The van der Waals surface area contributed by atoms with Gasteiger partial charge >= 0.3 is 0 Å². The van der Waals surface area contributed by atoms with Crippen molar-refractivity contribution >= 4 is 32.3 Å². The Morgan fingerprint density at radius 1 is 0.969 bits per heavy atom. The van der Waals surface area contributed by atoms with E-state index in [-0.39, 0.29) is 10.8 Å². The van der Waals surface area contributed by atoms with Crippen LogP contribution in [0.4, 0.5) is 5.69 Å². The van der Waals surface area contributed by atoms with Crippen LogP contribution in [-0.4, -0.2) is 30.4 Å². The SMILES string of the molecule is CC(C)c1ccc(NC(=O)c2nn(Cc3ccc(S(C)(=O)=O)cc3)c3ccccc23)cc1. The van der Waals surface area contributed by atoms with Crippen molar-refractivity contribution in [2.75, 3.05) is 11.6 Å². The molecule has 32 heavy (non-hydrogen) atoms. The Bertz CT molecular complexity index is 1370. The molecule has 164 valence electrons. The van der Waals surface area contributed by atoms with Gasteiger partial charge in [-0.1, -0.05) is 56.3 Å². The third-order valence-electron chi connectivity index (χ3n) is 5.39. The number of nitrogens with one attached hydrogen (secondary N) is 1. The molecule has 3 aromatic carbocycles. The summed E-state index contributed by atoms with van der Waals surface area (Å²) in [5.41, 5.74) is 4.00. The van der Waals surface area contributed by atoms with Crippen LogP contribution in [-0.2, 0) is 16.4 Å². The van der Waals surface area contributed by atoms with E-state index >= 15 is 0 Å². The second kappa shape index (κ2) is 8.59. The highest BCUT2D eigenvalue weighted by Gasteiger charge is 2.18. The lowest BCUT2D eigenvalue weighted by Gasteiger charge is -2.08. The molecule has 0 aliphatic rings. The minimum atomic E-state index is -3.25. The maximum absolute atomic E-state index is 13.0. The Morgan fingerprint density at radius 3 is 2.25 bits per heavy atom.